The number of nitrogens with one attached hydrogen (secondary N) is 2. The minimum absolute atomic E-state index is 0.103. The number of amides is 1. The number of piperidine rings is 1. The van der Waals surface area contributed by atoms with E-state index in [0.717, 1.165) is 44.5 Å². The summed E-state index contributed by atoms with van der Waals surface area (Å²) in [4.78, 5) is 12.3. The Morgan fingerprint density at radius 2 is 2.42 bits per heavy atom. The Morgan fingerprint density at radius 1 is 1.53 bits per heavy atom. The van der Waals surface area contributed by atoms with E-state index in [9.17, 15) is 9.90 Å². The smallest absolute Gasteiger partial charge is 0.255 e. The van der Waals surface area contributed by atoms with Gasteiger partial charge in [-0.3, -0.25) is 9.48 Å². The number of fused-ring (bicyclic) bond motifs is 1. The van der Waals surface area contributed by atoms with Gasteiger partial charge in [0.05, 0.1) is 29.6 Å². The molecule has 1 saturated heterocycles. The quantitative estimate of drug-likeness (QED) is 0.683. The summed E-state index contributed by atoms with van der Waals surface area (Å²) in [6.07, 6.45) is 5.06. The fourth-order valence-electron chi connectivity index (χ4n) is 2.87. The standard InChI is InChI=1S/C13H20N4O2/c18-12-8-14-5-4-10(12)16-13(19)9-7-15-17-6-2-1-3-11(9)17/h7,10,12,14,18H,1-6,8H2,(H,16,19)/t10-,12-/m1/s1. The van der Waals surface area contributed by atoms with Crippen molar-refractivity contribution in [3.63, 3.8) is 0 Å². The van der Waals surface area contributed by atoms with E-state index < -0.39 is 6.10 Å². The number of carbonyl (C=O) groups is 1. The number of aliphatic hydroxyl groups is 1. The van der Waals surface area contributed by atoms with Crippen LogP contribution in [0.1, 0.15) is 35.3 Å². The second-order valence-electron chi connectivity index (χ2n) is 5.33. The maximum Gasteiger partial charge on any atom is 0.255 e. The molecule has 1 aromatic heterocycles. The topological polar surface area (TPSA) is 79.2 Å². The van der Waals surface area contributed by atoms with Crippen LogP contribution in [-0.2, 0) is 13.0 Å². The van der Waals surface area contributed by atoms with Crippen molar-refractivity contribution in [3.05, 3.63) is 17.5 Å². The highest BCUT2D eigenvalue weighted by Gasteiger charge is 2.27. The number of rotatable bonds is 2. The van der Waals surface area contributed by atoms with Crippen LogP contribution < -0.4 is 10.6 Å². The lowest BCUT2D eigenvalue weighted by Gasteiger charge is -2.29. The number of hydrogen-bond donors (Lipinski definition) is 3. The summed E-state index contributed by atoms with van der Waals surface area (Å²) < 4.78 is 1.93. The van der Waals surface area contributed by atoms with E-state index in [1.54, 1.807) is 6.20 Å². The summed E-state index contributed by atoms with van der Waals surface area (Å²) in [6, 6.07) is -0.159. The third-order valence-corrected chi connectivity index (χ3v) is 3.99. The summed E-state index contributed by atoms with van der Waals surface area (Å²) in [5.74, 6) is -0.103. The van der Waals surface area contributed by atoms with Crippen LogP contribution in [0, 0.1) is 0 Å². The van der Waals surface area contributed by atoms with Gasteiger partial charge in [-0.2, -0.15) is 5.10 Å². The predicted octanol–water partition coefficient (Wildman–Crippen LogP) is -0.328. The van der Waals surface area contributed by atoms with Gasteiger partial charge >= 0.3 is 0 Å². The van der Waals surface area contributed by atoms with Crippen molar-refractivity contribution < 1.29 is 9.90 Å². The van der Waals surface area contributed by atoms with E-state index in [1.807, 2.05) is 4.68 Å². The minimum Gasteiger partial charge on any atom is -0.390 e. The molecule has 0 radical (unpaired) electrons. The number of aromatic nitrogens is 2. The molecule has 0 saturated carbocycles. The Morgan fingerprint density at radius 3 is 3.26 bits per heavy atom. The molecule has 3 N–H and O–H groups in total. The highest BCUT2D eigenvalue weighted by molar-refractivity contribution is 5.95. The maximum absolute atomic E-state index is 12.3. The monoisotopic (exact) mass is 264 g/mol. The number of nitrogens with zero attached hydrogens (tertiary/aromatic N) is 2. The molecular formula is C13H20N4O2. The van der Waals surface area contributed by atoms with Gasteiger partial charge in [0, 0.05) is 13.1 Å². The molecule has 104 valence electrons. The van der Waals surface area contributed by atoms with Gasteiger partial charge in [0.25, 0.3) is 5.91 Å². The van der Waals surface area contributed by atoms with Crippen LogP contribution in [0.25, 0.3) is 0 Å². The third-order valence-electron chi connectivity index (χ3n) is 3.99. The number of aryl methyl sites for hydroxylation is 1. The van der Waals surface area contributed by atoms with Gasteiger partial charge < -0.3 is 15.7 Å². The maximum atomic E-state index is 12.3. The van der Waals surface area contributed by atoms with Crippen molar-refractivity contribution in [3.8, 4) is 0 Å². The largest absolute Gasteiger partial charge is 0.390 e. The van der Waals surface area contributed by atoms with Crippen LogP contribution in [0.2, 0.25) is 0 Å². The van der Waals surface area contributed by atoms with Crippen LogP contribution in [0.4, 0.5) is 0 Å². The molecule has 1 aromatic rings. The second-order valence-corrected chi connectivity index (χ2v) is 5.33. The Bertz CT molecular complexity index is 471. The summed E-state index contributed by atoms with van der Waals surface area (Å²) in [5, 5.41) is 20.2. The van der Waals surface area contributed by atoms with Gasteiger partial charge in [0.1, 0.15) is 0 Å². The average molecular weight is 264 g/mol. The fourth-order valence-corrected chi connectivity index (χ4v) is 2.87. The molecule has 6 heteroatoms. The zero-order valence-corrected chi connectivity index (χ0v) is 10.9. The lowest BCUT2D eigenvalue weighted by atomic mass is 10.0. The molecule has 1 amide bonds. The van der Waals surface area contributed by atoms with E-state index in [-0.39, 0.29) is 11.9 Å². The second kappa shape index (κ2) is 5.30. The van der Waals surface area contributed by atoms with Gasteiger partial charge in [-0.05, 0) is 32.2 Å². The van der Waals surface area contributed by atoms with E-state index in [4.69, 9.17) is 0 Å². The van der Waals surface area contributed by atoms with Crippen molar-refractivity contribution in [2.45, 2.75) is 44.4 Å². The molecule has 0 bridgehead atoms. The molecule has 19 heavy (non-hydrogen) atoms. The summed E-state index contributed by atoms with van der Waals surface area (Å²) in [5.41, 5.74) is 1.71. The number of aliphatic hydroxyl groups excluding tert-OH is 1. The number of β-amino-alcohol motifs (C(OH)–C–C–N with tert-alkyl or cyclic N) is 1. The van der Waals surface area contributed by atoms with Gasteiger partial charge in [-0.25, -0.2) is 0 Å². The van der Waals surface area contributed by atoms with Gasteiger partial charge in [0.2, 0.25) is 0 Å². The zero-order chi connectivity index (χ0) is 13.2. The fraction of sp³-hybridized carbons (Fsp3) is 0.692. The summed E-state index contributed by atoms with van der Waals surface area (Å²) >= 11 is 0. The van der Waals surface area contributed by atoms with Crippen LogP contribution in [0.15, 0.2) is 6.20 Å². The Balaban J connectivity index is 1.71. The predicted molar refractivity (Wildman–Crippen MR) is 69.9 cm³/mol. The number of carbonyl (C=O) groups excluding carboxylic acids is 1. The molecule has 0 unspecified atom stereocenters. The highest BCUT2D eigenvalue weighted by Crippen LogP contribution is 2.18. The van der Waals surface area contributed by atoms with E-state index >= 15 is 0 Å². The van der Waals surface area contributed by atoms with Gasteiger partial charge in [-0.15, -0.1) is 0 Å². The van der Waals surface area contributed by atoms with E-state index in [1.165, 1.54) is 0 Å². The van der Waals surface area contributed by atoms with Crippen LogP contribution in [0.3, 0.4) is 0 Å². The SMILES string of the molecule is O=C(N[C@@H]1CCNC[C@H]1O)c1cnn2c1CCCC2. The summed E-state index contributed by atoms with van der Waals surface area (Å²) in [7, 11) is 0. The van der Waals surface area contributed by atoms with Gasteiger partial charge in [0.15, 0.2) is 0 Å². The van der Waals surface area contributed by atoms with Crippen molar-refractivity contribution in [2.24, 2.45) is 0 Å². The van der Waals surface area contributed by atoms with E-state index in [0.29, 0.717) is 12.1 Å². The highest BCUT2D eigenvalue weighted by atomic mass is 16.3. The van der Waals surface area contributed by atoms with Crippen LogP contribution in [0.5, 0.6) is 0 Å². The molecule has 0 spiro atoms. The van der Waals surface area contributed by atoms with Crippen LogP contribution >= 0.6 is 0 Å². The van der Waals surface area contributed by atoms with Gasteiger partial charge in [-0.1, -0.05) is 0 Å². The molecular weight excluding hydrogens is 244 g/mol. The molecule has 3 heterocycles. The normalized spacial score (nSPS) is 26.8. The van der Waals surface area contributed by atoms with Crippen LogP contribution in [-0.4, -0.2) is 46.0 Å². The lowest BCUT2D eigenvalue weighted by molar-refractivity contribution is 0.0764. The lowest BCUT2D eigenvalue weighted by Crippen LogP contribution is -2.52. The molecule has 6 nitrogen and oxygen atoms in total. The van der Waals surface area contributed by atoms with Crippen molar-refractivity contribution in [2.75, 3.05) is 13.1 Å². The molecule has 1 fully saturated rings. The summed E-state index contributed by atoms with van der Waals surface area (Å²) in [6.45, 7) is 2.27. The van der Waals surface area contributed by atoms with E-state index in [2.05, 4.69) is 15.7 Å². The average Bonchev–Trinajstić information content (AvgIpc) is 2.85. The molecule has 3 rings (SSSR count). The minimum atomic E-state index is -0.510. The molecule has 0 aromatic carbocycles. The first-order valence-corrected chi connectivity index (χ1v) is 7.00. The molecule has 2 aliphatic rings. The van der Waals surface area contributed by atoms with Crippen molar-refractivity contribution in [1.29, 1.82) is 0 Å². The molecule has 2 atom stereocenters. The Hall–Kier alpha value is -1.40. The third kappa shape index (κ3) is 2.50. The Kier molecular flexibility index (Phi) is 3.52. The molecule has 2 aliphatic heterocycles. The van der Waals surface area contributed by atoms with Crippen molar-refractivity contribution in [1.82, 2.24) is 20.4 Å². The Labute approximate surface area is 112 Å². The first-order valence-electron chi connectivity index (χ1n) is 7.00. The first kappa shape index (κ1) is 12.6. The first-order chi connectivity index (χ1) is 9.25. The zero-order valence-electron chi connectivity index (χ0n) is 10.9. The number of hydrogen-bond acceptors (Lipinski definition) is 4. The molecule has 0 aliphatic carbocycles. The van der Waals surface area contributed by atoms with Crippen molar-refractivity contribution >= 4 is 5.91 Å².